The minimum atomic E-state index is -1.13. The molecule has 1 aliphatic carbocycles. The topological polar surface area (TPSA) is 86.6 Å². The number of hydrogen-bond acceptors (Lipinski definition) is 3. The average molecular weight is 241 g/mol. The molecule has 0 radical (unpaired) electrons. The highest BCUT2D eigenvalue weighted by atomic mass is 16.4. The van der Waals surface area contributed by atoms with Gasteiger partial charge in [0.1, 0.15) is 0 Å². The number of aliphatic hydroxyl groups is 1. The van der Waals surface area contributed by atoms with Gasteiger partial charge in [0.2, 0.25) is 5.91 Å². The lowest BCUT2D eigenvalue weighted by molar-refractivity contribution is -0.131. The second-order valence-electron chi connectivity index (χ2n) is 4.40. The average Bonchev–Trinajstić information content (AvgIpc) is 2.34. The van der Waals surface area contributed by atoms with E-state index in [1.807, 2.05) is 0 Å². The third kappa shape index (κ3) is 4.99. The maximum atomic E-state index is 11.3. The zero-order valence-electron chi connectivity index (χ0n) is 9.76. The molecule has 1 amide bonds. The first kappa shape index (κ1) is 13.7. The van der Waals surface area contributed by atoms with Crippen LogP contribution in [0, 0.1) is 11.8 Å². The number of carbonyl (C=O) groups is 2. The van der Waals surface area contributed by atoms with Crippen LogP contribution in [0.2, 0.25) is 0 Å². The van der Waals surface area contributed by atoms with Crippen molar-refractivity contribution in [1.82, 2.24) is 5.32 Å². The molecule has 0 bridgehead atoms. The maximum absolute atomic E-state index is 11.3. The van der Waals surface area contributed by atoms with E-state index < -0.39 is 11.9 Å². The molecule has 0 aliphatic heterocycles. The molecule has 1 aliphatic rings. The molecule has 17 heavy (non-hydrogen) atoms. The Morgan fingerprint density at radius 1 is 1.18 bits per heavy atom. The lowest BCUT2D eigenvalue weighted by Crippen LogP contribution is -2.34. The molecule has 3 N–H and O–H groups in total. The first-order valence-corrected chi connectivity index (χ1v) is 5.93. The number of aliphatic carboxylic acids is 1. The molecule has 0 aromatic heterocycles. The monoisotopic (exact) mass is 241 g/mol. The molecule has 2 atom stereocenters. The molecule has 5 heteroatoms. The summed E-state index contributed by atoms with van der Waals surface area (Å²) in [7, 11) is 0. The van der Waals surface area contributed by atoms with E-state index in [4.69, 9.17) is 5.11 Å². The van der Waals surface area contributed by atoms with Crippen molar-refractivity contribution in [2.45, 2.75) is 25.7 Å². The molecule has 0 spiro atoms. The van der Waals surface area contributed by atoms with Crippen LogP contribution in [0.4, 0.5) is 0 Å². The minimum absolute atomic E-state index is 0.158. The van der Waals surface area contributed by atoms with Crippen LogP contribution in [-0.2, 0) is 9.59 Å². The minimum Gasteiger partial charge on any atom is -0.478 e. The zero-order chi connectivity index (χ0) is 12.7. The SMILES string of the molecule is O=C(O)C=CC(=O)NCC1CCCCC1CO. The van der Waals surface area contributed by atoms with Crippen molar-refractivity contribution in [2.75, 3.05) is 13.2 Å². The third-order valence-electron chi connectivity index (χ3n) is 3.22. The van der Waals surface area contributed by atoms with Gasteiger partial charge in [0.15, 0.2) is 0 Å². The van der Waals surface area contributed by atoms with Crippen molar-refractivity contribution in [3.05, 3.63) is 12.2 Å². The first-order chi connectivity index (χ1) is 8.13. The number of rotatable bonds is 5. The van der Waals surface area contributed by atoms with Crippen LogP contribution in [0.5, 0.6) is 0 Å². The summed E-state index contributed by atoms with van der Waals surface area (Å²) in [6.45, 7) is 0.666. The van der Waals surface area contributed by atoms with Gasteiger partial charge in [-0.15, -0.1) is 0 Å². The van der Waals surface area contributed by atoms with Crippen LogP contribution in [-0.4, -0.2) is 35.2 Å². The van der Waals surface area contributed by atoms with Gasteiger partial charge in [-0.2, -0.15) is 0 Å². The van der Waals surface area contributed by atoms with Gasteiger partial charge in [0.05, 0.1) is 0 Å². The number of amides is 1. The Morgan fingerprint density at radius 3 is 2.41 bits per heavy atom. The van der Waals surface area contributed by atoms with Crippen molar-refractivity contribution in [3.63, 3.8) is 0 Å². The third-order valence-corrected chi connectivity index (χ3v) is 3.22. The first-order valence-electron chi connectivity index (χ1n) is 5.93. The molecule has 96 valence electrons. The predicted octanol–water partition coefficient (Wildman–Crippen LogP) is 0.542. The second kappa shape index (κ2) is 7.06. The van der Waals surface area contributed by atoms with E-state index in [1.165, 1.54) is 0 Å². The van der Waals surface area contributed by atoms with Gasteiger partial charge in [0.25, 0.3) is 0 Å². The Kier molecular flexibility index (Phi) is 5.69. The van der Waals surface area contributed by atoms with Crippen LogP contribution in [0.1, 0.15) is 25.7 Å². The van der Waals surface area contributed by atoms with E-state index >= 15 is 0 Å². The molecule has 1 fully saturated rings. The van der Waals surface area contributed by atoms with Gasteiger partial charge in [-0.05, 0) is 24.7 Å². The number of aliphatic hydroxyl groups excluding tert-OH is 1. The van der Waals surface area contributed by atoms with Gasteiger partial charge >= 0.3 is 5.97 Å². The fourth-order valence-electron chi connectivity index (χ4n) is 2.23. The summed E-state index contributed by atoms with van der Waals surface area (Å²) in [6, 6.07) is 0. The summed E-state index contributed by atoms with van der Waals surface area (Å²) in [5, 5.41) is 20.2. The highest BCUT2D eigenvalue weighted by Gasteiger charge is 2.24. The van der Waals surface area contributed by atoms with Crippen LogP contribution >= 0.6 is 0 Å². The number of carboxylic acid groups (broad SMARTS) is 1. The summed E-state index contributed by atoms with van der Waals surface area (Å²) in [5.41, 5.74) is 0. The molecule has 0 heterocycles. The van der Waals surface area contributed by atoms with Crippen molar-refractivity contribution in [2.24, 2.45) is 11.8 Å². The predicted molar refractivity (Wildman–Crippen MR) is 62.3 cm³/mol. The van der Waals surface area contributed by atoms with Gasteiger partial charge in [-0.1, -0.05) is 12.8 Å². The molecular weight excluding hydrogens is 222 g/mol. The van der Waals surface area contributed by atoms with Crippen molar-refractivity contribution in [1.29, 1.82) is 0 Å². The van der Waals surface area contributed by atoms with E-state index in [2.05, 4.69) is 5.32 Å². The summed E-state index contributed by atoms with van der Waals surface area (Å²) < 4.78 is 0. The van der Waals surface area contributed by atoms with Crippen molar-refractivity contribution < 1.29 is 19.8 Å². The highest BCUT2D eigenvalue weighted by molar-refractivity contribution is 5.93. The Hall–Kier alpha value is -1.36. The smallest absolute Gasteiger partial charge is 0.328 e. The van der Waals surface area contributed by atoms with Crippen LogP contribution in [0.3, 0.4) is 0 Å². The quantitative estimate of drug-likeness (QED) is 0.613. The maximum Gasteiger partial charge on any atom is 0.328 e. The molecule has 0 aromatic carbocycles. The number of carbonyl (C=O) groups excluding carboxylic acids is 1. The fourth-order valence-corrected chi connectivity index (χ4v) is 2.23. The van der Waals surface area contributed by atoms with E-state index in [0.29, 0.717) is 12.5 Å². The largest absolute Gasteiger partial charge is 0.478 e. The molecular formula is C12H19NO4. The van der Waals surface area contributed by atoms with Gasteiger partial charge in [-0.3, -0.25) is 4.79 Å². The summed E-state index contributed by atoms with van der Waals surface area (Å²) in [6.07, 6.45) is 6.10. The van der Waals surface area contributed by atoms with Crippen LogP contribution < -0.4 is 5.32 Å². The van der Waals surface area contributed by atoms with Gasteiger partial charge in [-0.25, -0.2) is 4.79 Å². The van der Waals surface area contributed by atoms with E-state index in [1.54, 1.807) is 0 Å². The highest BCUT2D eigenvalue weighted by Crippen LogP contribution is 2.28. The fraction of sp³-hybridized carbons (Fsp3) is 0.667. The normalized spacial score (nSPS) is 24.8. The Bertz CT molecular complexity index is 301. The van der Waals surface area contributed by atoms with E-state index in [-0.39, 0.29) is 12.5 Å². The number of carboxylic acids is 1. The Labute approximate surface area is 101 Å². The van der Waals surface area contributed by atoms with Crippen LogP contribution in [0.25, 0.3) is 0 Å². The summed E-state index contributed by atoms with van der Waals surface area (Å²) in [5.74, 6) is -0.968. The molecule has 1 saturated carbocycles. The number of nitrogens with one attached hydrogen (secondary N) is 1. The standard InChI is InChI=1S/C12H19NO4/c14-8-10-4-2-1-3-9(10)7-13-11(15)5-6-12(16)17/h5-6,9-10,14H,1-4,7-8H2,(H,13,15)(H,16,17). The van der Waals surface area contributed by atoms with E-state index in [0.717, 1.165) is 37.8 Å². The lowest BCUT2D eigenvalue weighted by atomic mass is 9.79. The van der Waals surface area contributed by atoms with Crippen molar-refractivity contribution >= 4 is 11.9 Å². The Morgan fingerprint density at radius 2 is 1.82 bits per heavy atom. The molecule has 5 nitrogen and oxygen atoms in total. The van der Waals surface area contributed by atoms with Crippen LogP contribution in [0.15, 0.2) is 12.2 Å². The van der Waals surface area contributed by atoms with Gasteiger partial charge in [0, 0.05) is 25.3 Å². The van der Waals surface area contributed by atoms with E-state index in [9.17, 15) is 14.7 Å². The summed E-state index contributed by atoms with van der Waals surface area (Å²) >= 11 is 0. The molecule has 0 saturated heterocycles. The number of hydrogen-bond donors (Lipinski definition) is 3. The lowest BCUT2D eigenvalue weighted by Gasteiger charge is -2.30. The van der Waals surface area contributed by atoms with Crippen molar-refractivity contribution in [3.8, 4) is 0 Å². The molecule has 0 aromatic rings. The second-order valence-corrected chi connectivity index (χ2v) is 4.40. The zero-order valence-corrected chi connectivity index (χ0v) is 9.76. The summed E-state index contributed by atoms with van der Waals surface area (Å²) in [4.78, 5) is 21.5. The molecule has 1 rings (SSSR count). The Balaban J connectivity index is 2.33. The van der Waals surface area contributed by atoms with Gasteiger partial charge < -0.3 is 15.5 Å². The molecule has 2 unspecified atom stereocenters.